The Labute approximate surface area is 172 Å². The van der Waals surface area contributed by atoms with Crippen LogP contribution in [0.3, 0.4) is 0 Å². The van der Waals surface area contributed by atoms with Gasteiger partial charge in [-0.05, 0) is 43.4 Å². The Morgan fingerprint density at radius 1 is 1.24 bits per heavy atom. The minimum atomic E-state index is -4.79. The molecule has 0 atom stereocenters. The van der Waals surface area contributed by atoms with Crippen molar-refractivity contribution >= 4 is 29.1 Å². The Morgan fingerprint density at radius 2 is 1.97 bits per heavy atom. The van der Waals surface area contributed by atoms with Crippen LogP contribution in [0.2, 0.25) is 5.02 Å². The van der Waals surface area contributed by atoms with E-state index >= 15 is 0 Å². The lowest BCUT2D eigenvalue weighted by molar-refractivity contribution is -0.141. The second-order valence-electron chi connectivity index (χ2n) is 7.21. The lowest BCUT2D eigenvalue weighted by atomic mass is 9.89. The van der Waals surface area contributed by atoms with Crippen molar-refractivity contribution in [3.63, 3.8) is 0 Å². The minimum Gasteiger partial charge on any atom is -0.352 e. The quantitative estimate of drug-likeness (QED) is 0.661. The third-order valence-corrected chi connectivity index (χ3v) is 5.50. The molecule has 3 rings (SSSR count). The number of nitrogens with one attached hydrogen (secondary N) is 2. The maximum absolute atomic E-state index is 13.5. The predicted octanol–water partition coefficient (Wildman–Crippen LogP) is 5.51. The first-order valence-corrected chi connectivity index (χ1v) is 9.88. The van der Waals surface area contributed by atoms with Gasteiger partial charge in [-0.2, -0.15) is 13.2 Å². The Bertz CT molecular complexity index is 883. The smallest absolute Gasteiger partial charge is 0.352 e. The number of carbonyl (C=O) groups excluding carboxylic acids is 1. The lowest BCUT2D eigenvalue weighted by Gasteiger charge is -2.22. The van der Waals surface area contributed by atoms with Crippen LogP contribution >= 0.6 is 11.6 Å². The topological polar surface area (TPSA) is 66.9 Å². The van der Waals surface area contributed by atoms with E-state index in [1.165, 1.54) is 0 Å². The molecule has 1 heterocycles. The maximum atomic E-state index is 13.5. The lowest BCUT2D eigenvalue weighted by Crippen LogP contribution is -2.32. The predicted molar refractivity (Wildman–Crippen MR) is 105 cm³/mol. The molecule has 5 nitrogen and oxygen atoms in total. The fraction of sp³-hybridized carbons (Fsp3) is 0.450. The molecule has 0 spiro atoms. The summed E-state index contributed by atoms with van der Waals surface area (Å²) >= 11 is 6.04. The molecule has 1 aromatic carbocycles. The molecule has 29 heavy (non-hydrogen) atoms. The molecule has 1 aliphatic rings. The van der Waals surface area contributed by atoms with Gasteiger partial charge >= 0.3 is 6.18 Å². The molecule has 0 aliphatic heterocycles. The molecule has 2 N–H and O–H groups in total. The molecule has 1 amide bonds. The van der Waals surface area contributed by atoms with Gasteiger partial charge in [-0.15, -0.1) is 0 Å². The van der Waals surface area contributed by atoms with Crippen LogP contribution < -0.4 is 10.6 Å². The normalized spacial score (nSPS) is 15.2. The van der Waals surface area contributed by atoms with Crippen molar-refractivity contribution in [1.29, 1.82) is 0 Å². The second kappa shape index (κ2) is 8.98. The zero-order valence-electron chi connectivity index (χ0n) is 15.9. The van der Waals surface area contributed by atoms with Gasteiger partial charge in [0, 0.05) is 23.5 Å². The van der Waals surface area contributed by atoms with Gasteiger partial charge in [-0.1, -0.05) is 36.9 Å². The van der Waals surface area contributed by atoms with E-state index in [0.29, 0.717) is 28.7 Å². The summed E-state index contributed by atoms with van der Waals surface area (Å²) in [4.78, 5) is 19.9. The second-order valence-corrected chi connectivity index (χ2v) is 7.61. The van der Waals surface area contributed by atoms with Crippen molar-refractivity contribution < 1.29 is 18.0 Å². The van der Waals surface area contributed by atoms with E-state index in [2.05, 4.69) is 20.6 Å². The van der Waals surface area contributed by atoms with Gasteiger partial charge in [0.25, 0.3) is 5.91 Å². The molecule has 0 saturated heterocycles. The summed E-state index contributed by atoms with van der Waals surface area (Å²) in [5.74, 6) is -0.769. The number of anilines is 2. The minimum absolute atomic E-state index is 0.258. The van der Waals surface area contributed by atoms with Crippen LogP contribution in [0.4, 0.5) is 24.8 Å². The number of aromatic nitrogens is 2. The van der Waals surface area contributed by atoms with Crippen molar-refractivity contribution in [2.24, 2.45) is 5.92 Å². The van der Waals surface area contributed by atoms with Crippen LogP contribution in [0.5, 0.6) is 0 Å². The van der Waals surface area contributed by atoms with Gasteiger partial charge in [-0.3, -0.25) is 4.79 Å². The first-order valence-electron chi connectivity index (χ1n) is 9.50. The van der Waals surface area contributed by atoms with Gasteiger partial charge in [0.15, 0.2) is 5.69 Å². The number of nitrogens with zero attached hydrogens (tertiary/aromatic N) is 2. The first-order chi connectivity index (χ1) is 13.8. The van der Waals surface area contributed by atoms with Crippen LogP contribution in [-0.4, -0.2) is 22.4 Å². The molecule has 1 aromatic heterocycles. The monoisotopic (exact) mass is 426 g/mol. The van der Waals surface area contributed by atoms with E-state index in [1.807, 2.05) is 0 Å². The van der Waals surface area contributed by atoms with E-state index in [0.717, 1.165) is 38.3 Å². The molecule has 156 valence electrons. The number of hydrogen-bond acceptors (Lipinski definition) is 4. The molecule has 0 radical (unpaired) electrons. The first kappa shape index (κ1) is 21.4. The SMILES string of the molecule is Cc1c(Cl)cccc1Nc1ncc(C(=O)NCC2CCCCC2)c(C(F)(F)F)n1. The highest BCUT2D eigenvalue weighted by Crippen LogP contribution is 2.32. The van der Waals surface area contributed by atoms with Crippen molar-refractivity contribution in [2.75, 3.05) is 11.9 Å². The molecule has 1 fully saturated rings. The van der Waals surface area contributed by atoms with Crippen LogP contribution in [-0.2, 0) is 6.18 Å². The Morgan fingerprint density at radius 3 is 2.66 bits per heavy atom. The number of rotatable bonds is 5. The molecule has 0 bridgehead atoms. The highest BCUT2D eigenvalue weighted by molar-refractivity contribution is 6.31. The van der Waals surface area contributed by atoms with E-state index in [4.69, 9.17) is 11.6 Å². The van der Waals surface area contributed by atoms with Crippen LogP contribution in [0.15, 0.2) is 24.4 Å². The van der Waals surface area contributed by atoms with Crippen molar-refractivity contribution in [2.45, 2.75) is 45.2 Å². The van der Waals surface area contributed by atoms with E-state index in [9.17, 15) is 18.0 Å². The Balaban J connectivity index is 1.80. The number of carbonyl (C=O) groups is 1. The van der Waals surface area contributed by atoms with Gasteiger partial charge in [-0.25, -0.2) is 9.97 Å². The van der Waals surface area contributed by atoms with E-state index in [1.54, 1.807) is 25.1 Å². The molecular formula is C20H22ClF3N4O. The summed E-state index contributed by atoms with van der Waals surface area (Å²) in [7, 11) is 0. The largest absolute Gasteiger partial charge is 0.434 e. The average molecular weight is 427 g/mol. The molecule has 2 aromatic rings. The number of halogens is 4. The molecule has 1 aliphatic carbocycles. The van der Waals surface area contributed by atoms with Gasteiger partial charge in [0.1, 0.15) is 0 Å². The number of alkyl halides is 3. The number of amides is 1. The van der Waals surface area contributed by atoms with Crippen molar-refractivity contribution in [3.05, 3.63) is 46.2 Å². The molecule has 9 heteroatoms. The summed E-state index contributed by atoms with van der Waals surface area (Å²) in [5.41, 5.74) is -0.710. The maximum Gasteiger partial charge on any atom is 0.434 e. The number of benzene rings is 1. The summed E-state index contributed by atoms with van der Waals surface area (Å²) < 4.78 is 40.6. The molecule has 1 saturated carbocycles. The third-order valence-electron chi connectivity index (χ3n) is 5.09. The van der Waals surface area contributed by atoms with Crippen molar-refractivity contribution in [3.8, 4) is 0 Å². The Kier molecular flexibility index (Phi) is 6.62. The van der Waals surface area contributed by atoms with E-state index < -0.39 is 23.3 Å². The molecular weight excluding hydrogens is 405 g/mol. The third kappa shape index (κ3) is 5.38. The fourth-order valence-electron chi connectivity index (χ4n) is 3.41. The summed E-state index contributed by atoms with van der Waals surface area (Å²) in [6.45, 7) is 2.08. The van der Waals surface area contributed by atoms with Gasteiger partial charge in [0.2, 0.25) is 5.95 Å². The zero-order chi connectivity index (χ0) is 21.0. The van der Waals surface area contributed by atoms with Crippen molar-refractivity contribution in [1.82, 2.24) is 15.3 Å². The number of hydrogen-bond donors (Lipinski definition) is 2. The summed E-state index contributed by atoms with van der Waals surface area (Å²) in [6.07, 6.45) is 1.41. The Hall–Kier alpha value is -2.35. The summed E-state index contributed by atoms with van der Waals surface area (Å²) in [5, 5.41) is 5.81. The fourth-order valence-corrected chi connectivity index (χ4v) is 3.59. The van der Waals surface area contributed by atoms with Gasteiger partial charge < -0.3 is 10.6 Å². The average Bonchev–Trinajstić information content (AvgIpc) is 2.70. The molecule has 0 unspecified atom stereocenters. The van der Waals surface area contributed by atoms with Crippen LogP contribution in [0, 0.1) is 12.8 Å². The highest BCUT2D eigenvalue weighted by Gasteiger charge is 2.38. The standard InChI is InChI=1S/C20H22ClF3N4O/c1-12-15(21)8-5-9-16(12)27-19-26-11-14(17(28-19)20(22,23)24)18(29)25-10-13-6-3-2-4-7-13/h5,8-9,11,13H,2-4,6-7,10H2,1H3,(H,25,29)(H,26,27,28). The van der Waals surface area contributed by atoms with Crippen LogP contribution in [0.25, 0.3) is 0 Å². The summed E-state index contributed by atoms with van der Waals surface area (Å²) in [6, 6.07) is 4.99. The highest BCUT2D eigenvalue weighted by atomic mass is 35.5. The van der Waals surface area contributed by atoms with Crippen LogP contribution in [0.1, 0.15) is 53.7 Å². The van der Waals surface area contributed by atoms with E-state index in [-0.39, 0.29) is 5.95 Å². The van der Waals surface area contributed by atoms with Gasteiger partial charge in [0.05, 0.1) is 5.56 Å². The zero-order valence-corrected chi connectivity index (χ0v) is 16.7.